The summed E-state index contributed by atoms with van der Waals surface area (Å²) in [6.07, 6.45) is 6.69. The van der Waals surface area contributed by atoms with Crippen molar-refractivity contribution in [2.45, 2.75) is 0 Å². The van der Waals surface area contributed by atoms with Crippen LogP contribution in [0.15, 0.2) is 12.3 Å². The Labute approximate surface area is 74.9 Å². The van der Waals surface area contributed by atoms with Gasteiger partial charge in [0.25, 0.3) is 5.91 Å². The third-order valence-corrected chi connectivity index (χ3v) is 1.64. The van der Waals surface area contributed by atoms with Crippen molar-refractivity contribution in [2.75, 3.05) is 11.9 Å². The number of fused-ring (bicyclic) bond motifs is 1. The molecule has 1 N–H and O–H groups in total. The molecule has 1 amide bonds. The molecule has 2 heterocycles. The number of amides is 1. The van der Waals surface area contributed by atoms with E-state index in [1.165, 1.54) is 6.20 Å². The van der Waals surface area contributed by atoms with Crippen molar-refractivity contribution in [1.29, 1.82) is 0 Å². The minimum absolute atomic E-state index is 0.0166. The van der Waals surface area contributed by atoms with E-state index in [9.17, 15) is 4.79 Å². The fourth-order valence-corrected chi connectivity index (χ4v) is 1.04. The average molecular weight is 174 g/mol. The highest BCUT2D eigenvalue weighted by Gasteiger charge is 2.16. The Balaban J connectivity index is 2.43. The molecule has 1 aromatic heterocycles. The molecule has 0 saturated carbocycles. The van der Waals surface area contributed by atoms with E-state index in [0.717, 1.165) is 0 Å². The minimum Gasteiger partial charge on any atom is -0.480 e. The molecule has 1 aliphatic heterocycles. The van der Waals surface area contributed by atoms with Crippen LogP contribution in [0.2, 0.25) is 0 Å². The number of nitrogens with zero attached hydrogens (tertiary/aromatic N) is 1. The summed E-state index contributed by atoms with van der Waals surface area (Å²) in [6.45, 7) is 0.0166. The maximum absolute atomic E-state index is 10.9. The van der Waals surface area contributed by atoms with E-state index in [4.69, 9.17) is 11.2 Å². The summed E-state index contributed by atoms with van der Waals surface area (Å²) in [5.41, 5.74) is 0.634. The van der Waals surface area contributed by atoms with Crippen LogP contribution in [0.1, 0.15) is 5.56 Å². The third-order valence-electron chi connectivity index (χ3n) is 1.64. The lowest BCUT2D eigenvalue weighted by atomic mass is 10.2. The van der Waals surface area contributed by atoms with Crippen molar-refractivity contribution in [3.63, 3.8) is 0 Å². The van der Waals surface area contributed by atoms with Gasteiger partial charge >= 0.3 is 0 Å². The fraction of sp³-hybridized carbons (Fsp3) is 0.111. The van der Waals surface area contributed by atoms with Crippen molar-refractivity contribution >= 4 is 11.7 Å². The van der Waals surface area contributed by atoms with E-state index in [1.54, 1.807) is 6.07 Å². The summed E-state index contributed by atoms with van der Waals surface area (Å²) in [4.78, 5) is 14.8. The lowest BCUT2D eigenvalue weighted by Crippen LogP contribution is -2.26. The van der Waals surface area contributed by atoms with Gasteiger partial charge < -0.3 is 10.1 Å². The number of terminal acetylenes is 1. The summed E-state index contributed by atoms with van der Waals surface area (Å²) in [6, 6.07) is 1.67. The Morgan fingerprint density at radius 1 is 1.69 bits per heavy atom. The van der Waals surface area contributed by atoms with Gasteiger partial charge in [-0.2, -0.15) is 0 Å². The Hall–Kier alpha value is -2.02. The average Bonchev–Trinajstić information content (AvgIpc) is 2.17. The SMILES string of the molecule is C#Cc1cnc2c(c1)OCC(=O)N2. The first-order valence-corrected chi connectivity index (χ1v) is 3.69. The second-order valence-corrected chi connectivity index (χ2v) is 2.55. The predicted octanol–water partition coefficient (Wildman–Crippen LogP) is 0.394. The van der Waals surface area contributed by atoms with Crippen molar-refractivity contribution in [1.82, 2.24) is 4.98 Å². The first-order valence-electron chi connectivity index (χ1n) is 3.69. The Morgan fingerprint density at radius 2 is 2.54 bits per heavy atom. The zero-order valence-electron chi connectivity index (χ0n) is 6.70. The molecule has 13 heavy (non-hydrogen) atoms. The maximum atomic E-state index is 10.9. The zero-order chi connectivity index (χ0) is 9.26. The van der Waals surface area contributed by atoms with Gasteiger partial charge in [0.05, 0.1) is 0 Å². The molecule has 0 saturated heterocycles. The smallest absolute Gasteiger partial charge is 0.263 e. The van der Waals surface area contributed by atoms with Crippen LogP contribution in [0, 0.1) is 12.3 Å². The van der Waals surface area contributed by atoms with Gasteiger partial charge in [-0.15, -0.1) is 6.42 Å². The molecule has 0 fully saturated rings. The Morgan fingerprint density at radius 3 is 3.31 bits per heavy atom. The van der Waals surface area contributed by atoms with Crippen LogP contribution in [-0.4, -0.2) is 17.5 Å². The van der Waals surface area contributed by atoms with Gasteiger partial charge in [0, 0.05) is 17.8 Å². The number of hydrogen-bond acceptors (Lipinski definition) is 3. The summed E-state index contributed by atoms with van der Waals surface area (Å²) < 4.78 is 5.11. The van der Waals surface area contributed by atoms with Crippen LogP contribution < -0.4 is 10.1 Å². The van der Waals surface area contributed by atoms with Gasteiger partial charge in [-0.25, -0.2) is 4.98 Å². The highest BCUT2D eigenvalue weighted by atomic mass is 16.5. The molecule has 0 atom stereocenters. The molecule has 0 radical (unpaired) electrons. The molecule has 1 aliphatic rings. The van der Waals surface area contributed by atoms with Crippen molar-refractivity contribution in [2.24, 2.45) is 0 Å². The normalized spacial score (nSPS) is 13.6. The number of carbonyl (C=O) groups is 1. The van der Waals surface area contributed by atoms with E-state index < -0.39 is 0 Å². The molecule has 1 aromatic rings. The number of anilines is 1. The first kappa shape index (κ1) is 7.62. The molecule has 64 valence electrons. The largest absolute Gasteiger partial charge is 0.480 e. The number of carbonyl (C=O) groups excluding carboxylic acids is 1. The molecule has 0 bridgehead atoms. The van der Waals surface area contributed by atoms with E-state index in [0.29, 0.717) is 17.1 Å². The summed E-state index contributed by atoms with van der Waals surface area (Å²) in [7, 11) is 0. The standard InChI is InChI=1S/C9H6N2O2/c1-2-6-3-7-9(10-4-6)11-8(12)5-13-7/h1,3-4H,5H2,(H,10,11,12). The topological polar surface area (TPSA) is 51.2 Å². The van der Waals surface area contributed by atoms with Crippen LogP contribution in [0.5, 0.6) is 5.75 Å². The molecule has 4 nitrogen and oxygen atoms in total. The van der Waals surface area contributed by atoms with E-state index >= 15 is 0 Å². The summed E-state index contributed by atoms with van der Waals surface area (Å²) in [5, 5.41) is 2.57. The molecule has 2 rings (SSSR count). The number of hydrogen-bond donors (Lipinski definition) is 1. The van der Waals surface area contributed by atoms with Crippen molar-refractivity contribution < 1.29 is 9.53 Å². The monoisotopic (exact) mass is 174 g/mol. The number of rotatable bonds is 0. The van der Waals surface area contributed by atoms with Crippen molar-refractivity contribution in [3.05, 3.63) is 17.8 Å². The van der Waals surface area contributed by atoms with Gasteiger partial charge in [-0.1, -0.05) is 5.92 Å². The summed E-state index contributed by atoms with van der Waals surface area (Å²) in [5.74, 6) is 3.18. The predicted molar refractivity (Wildman–Crippen MR) is 46.3 cm³/mol. The van der Waals surface area contributed by atoms with Gasteiger partial charge in [0.2, 0.25) is 0 Å². The highest BCUT2D eigenvalue weighted by Crippen LogP contribution is 2.25. The van der Waals surface area contributed by atoms with E-state index in [2.05, 4.69) is 16.2 Å². The van der Waals surface area contributed by atoms with Crippen molar-refractivity contribution in [3.8, 4) is 18.1 Å². The maximum Gasteiger partial charge on any atom is 0.263 e. The Bertz CT molecular complexity index is 407. The van der Waals surface area contributed by atoms with E-state index in [1.807, 2.05) is 0 Å². The van der Waals surface area contributed by atoms with Gasteiger partial charge in [0.15, 0.2) is 18.2 Å². The number of pyridine rings is 1. The molecular formula is C9H6N2O2. The van der Waals surface area contributed by atoms with Gasteiger partial charge in [-0.05, 0) is 0 Å². The lowest BCUT2D eigenvalue weighted by Gasteiger charge is -2.16. The molecule has 0 unspecified atom stereocenters. The summed E-state index contributed by atoms with van der Waals surface area (Å²) >= 11 is 0. The zero-order valence-corrected chi connectivity index (χ0v) is 6.70. The number of nitrogens with one attached hydrogen (secondary N) is 1. The van der Waals surface area contributed by atoms with Crippen LogP contribution >= 0.6 is 0 Å². The number of ether oxygens (including phenoxy) is 1. The minimum atomic E-state index is -0.201. The molecule has 0 aromatic carbocycles. The lowest BCUT2D eigenvalue weighted by molar-refractivity contribution is -0.118. The molecule has 0 spiro atoms. The third kappa shape index (κ3) is 1.32. The molecular weight excluding hydrogens is 168 g/mol. The van der Waals surface area contributed by atoms with Crippen LogP contribution in [-0.2, 0) is 4.79 Å². The highest BCUT2D eigenvalue weighted by molar-refractivity contribution is 5.94. The first-order chi connectivity index (χ1) is 6.29. The van der Waals surface area contributed by atoms with Crippen LogP contribution in [0.3, 0.4) is 0 Å². The quantitative estimate of drug-likeness (QED) is 0.579. The number of aromatic nitrogens is 1. The van der Waals surface area contributed by atoms with Gasteiger partial charge in [0.1, 0.15) is 0 Å². The Kier molecular flexibility index (Phi) is 1.64. The second-order valence-electron chi connectivity index (χ2n) is 2.55. The van der Waals surface area contributed by atoms with E-state index in [-0.39, 0.29) is 12.5 Å². The molecule has 0 aliphatic carbocycles. The second kappa shape index (κ2) is 2.79. The molecule has 4 heteroatoms. The fourth-order valence-electron chi connectivity index (χ4n) is 1.04. The van der Waals surface area contributed by atoms with Crippen LogP contribution in [0.4, 0.5) is 5.82 Å². The van der Waals surface area contributed by atoms with Crippen LogP contribution in [0.25, 0.3) is 0 Å². The van der Waals surface area contributed by atoms with Gasteiger partial charge in [-0.3, -0.25) is 4.79 Å².